The molecule has 0 amide bonds. The van der Waals surface area contributed by atoms with Gasteiger partial charge in [-0.1, -0.05) is 41.0 Å². The maximum absolute atomic E-state index is 3.52. The fourth-order valence-electron chi connectivity index (χ4n) is 1.93. The van der Waals surface area contributed by atoms with E-state index in [0.29, 0.717) is 5.41 Å². The van der Waals surface area contributed by atoms with Crippen molar-refractivity contribution in [1.29, 1.82) is 0 Å². The lowest BCUT2D eigenvalue weighted by atomic mass is 9.85. The van der Waals surface area contributed by atoms with Gasteiger partial charge in [-0.15, -0.1) is 0 Å². The van der Waals surface area contributed by atoms with Gasteiger partial charge in [0, 0.05) is 13.1 Å². The third-order valence-corrected chi connectivity index (χ3v) is 3.78. The summed E-state index contributed by atoms with van der Waals surface area (Å²) in [5, 5.41) is 7.02. The van der Waals surface area contributed by atoms with Gasteiger partial charge in [0.05, 0.1) is 0 Å². The lowest BCUT2D eigenvalue weighted by molar-refractivity contribution is 0.310. The molecule has 0 spiro atoms. The largest absolute Gasteiger partial charge is 0.315 e. The molecule has 2 N–H and O–H groups in total. The molecule has 0 aliphatic rings. The molecule has 0 aromatic carbocycles. The van der Waals surface area contributed by atoms with Crippen molar-refractivity contribution in [2.24, 2.45) is 11.3 Å². The van der Waals surface area contributed by atoms with E-state index >= 15 is 0 Å². The van der Waals surface area contributed by atoms with Crippen LogP contribution in [0.15, 0.2) is 0 Å². The molecule has 0 aromatic rings. The summed E-state index contributed by atoms with van der Waals surface area (Å²) in [6.45, 7) is 16.1. The standard InChI is InChI=1S/C16H36N2/c1-6-16(4,5)10-8-12-18-14-13-17-11-7-9-15(2)3/h15,17-18H,6-14H2,1-5H3. The molecular weight excluding hydrogens is 220 g/mol. The molecule has 0 aliphatic heterocycles. The molecular formula is C16H36N2. The molecule has 0 saturated heterocycles. The summed E-state index contributed by atoms with van der Waals surface area (Å²) in [5.74, 6) is 0.840. The zero-order valence-corrected chi connectivity index (χ0v) is 13.4. The second-order valence-electron chi connectivity index (χ2n) is 6.66. The molecule has 0 atom stereocenters. The van der Waals surface area contributed by atoms with E-state index in [9.17, 15) is 0 Å². The first-order valence-electron chi connectivity index (χ1n) is 7.89. The van der Waals surface area contributed by atoms with Gasteiger partial charge < -0.3 is 10.6 Å². The maximum atomic E-state index is 3.52. The van der Waals surface area contributed by atoms with Crippen molar-refractivity contribution >= 4 is 0 Å². The first-order valence-corrected chi connectivity index (χ1v) is 7.89. The lowest BCUT2D eigenvalue weighted by Crippen LogP contribution is -2.29. The van der Waals surface area contributed by atoms with Gasteiger partial charge in [0.1, 0.15) is 0 Å². The van der Waals surface area contributed by atoms with Crippen molar-refractivity contribution in [2.75, 3.05) is 26.2 Å². The van der Waals surface area contributed by atoms with Crippen molar-refractivity contribution in [2.45, 2.75) is 66.7 Å². The van der Waals surface area contributed by atoms with E-state index in [1.807, 2.05) is 0 Å². The average Bonchev–Trinajstić information content (AvgIpc) is 2.31. The van der Waals surface area contributed by atoms with Crippen molar-refractivity contribution in [3.63, 3.8) is 0 Å². The van der Waals surface area contributed by atoms with Gasteiger partial charge in [0.25, 0.3) is 0 Å². The molecule has 18 heavy (non-hydrogen) atoms. The number of hydrogen-bond donors (Lipinski definition) is 2. The van der Waals surface area contributed by atoms with E-state index in [2.05, 4.69) is 45.3 Å². The van der Waals surface area contributed by atoms with Gasteiger partial charge >= 0.3 is 0 Å². The summed E-state index contributed by atoms with van der Waals surface area (Å²) < 4.78 is 0. The smallest absolute Gasteiger partial charge is 0.00767 e. The van der Waals surface area contributed by atoms with Crippen molar-refractivity contribution < 1.29 is 0 Å². The minimum absolute atomic E-state index is 0.525. The van der Waals surface area contributed by atoms with Crippen LogP contribution in [0.4, 0.5) is 0 Å². The van der Waals surface area contributed by atoms with Crippen LogP contribution in [0.3, 0.4) is 0 Å². The third kappa shape index (κ3) is 12.4. The average molecular weight is 256 g/mol. The molecule has 0 aromatic heterocycles. The highest BCUT2D eigenvalue weighted by molar-refractivity contribution is 4.66. The summed E-state index contributed by atoms with van der Waals surface area (Å²) >= 11 is 0. The Balaban J connectivity index is 3.12. The van der Waals surface area contributed by atoms with Gasteiger partial charge in [-0.2, -0.15) is 0 Å². The summed E-state index contributed by atoms with van der Waals surface area (Å²) in [6.07, 6.45) is 6.56. The molecule has 110 valence electrons. The molecule has 0 rings (SSSR count). The van der Waals surface area contributed by atoms with Gasteiger partial charge in [0.15, 0.2) is 0 Å². The van der Waals surface area contributed by atoms with Crippen LogP contribution >= 0.6 is 0 Å². The highest BCUT2D eigenvalue weighted by Crippen LogP contribution is 2.25. The predicted molar refractivity (Wildman–Crippen MR) is 83.1 cm³/mol. The lowest BCUT2D eigenvalue weighted by Gasteiger charge is -2.22. The van der Waals surface area contributed by atoms with Crippen LogP contribution < -0.4 is 10.6 Å². The summed E-state index contributed by atoms with van der Waals surface area (Å²) in [6, 6.07) is 0. The van der Waals surface area contributed by atoms with E-state index in [0.717, 1.165) is 25.6 Å². The molecule has 2 nitrogen and oxygen atoms in total. The van der Waals surface area contributed by atoms with Crippen LogP contribution in [-0.4, -0.2) is 26.2 Å². The topological polar surface area (TPSA) is 24.1 Å². The first kappa shape index (κ1) is 17.9. The molecule has 0 unspecified atom stereocenters. The van der Waals surface area contributed by atoms with Crippen molar-refractivity contribution in [3.05, 3.63) is 0 Å². The van der Waals surface area contributed by atoms with Gasteiger partial charge in [-0.05, 0) is 50.1 Å². The van der Waals surface area contributed by atoms with Crippen LogP contribution in [0.25, 0.3) is 0 Å². The molecule has 0 saturated carbocycles. The Morgan fingerprint density at radius 2 is 1.44 bits per heavy atom. The Labute approximate surface area is 115 Å². The van der Waals surface area contributed by atoms with Gasteiger partial charge in [-0.25, -0.2) is 0 Å². The van der Waals surface area contributed by atoms with Crippen LogP contribution in [0.2, 0.25) is 0 Å². The fourth-order valence-corrected chi connectivity index (χ4v) is 1.93. The summed E-state index contributed by atoms with van der Waals surface area (Å²) in [5.41, 5.74) is 0.525. The van der Waals surface area contributed by atoms with E-state index < -0.39 is 0 Å². The second kappa shape index (κ2) is 10.8. The van der Waals surface area contributed by atoms with E-state index in [1.165, 1.54) is 38.6 Å². The van der Waals surface area contributed by atoms with E-state index in [1.54, 1.807) is 0 Å². The summed E-state index contributed by atoms with van der Waals surface area (Å²) in [7, 11) is 0. The zero-order valence-electron chi connectivity index (χ0n) is 13.4. The molecule has 0 radical (unpaired) electrons. The van der Waals surface area contributed by atoms with E-state index in [4.69, 9.17) is 0 Å². The van der Waals surface area contributed by atoms with Crippen molar-refractivity contribution in [3.8, 4) is 0 Å². The van der Waals surface area contributed by atoms with Gasteiger partial charge in [0.2, 0.25) is 0 Å². The van der Waals surface area contributed by atoms with Crippen LogP contribution in [-0.2, 0) is 0 Å². The number of nitrogens with one attached hydrogen (secondary N) is 2. The van der Waals surface area contributed by atoms with Gasteiger partial charge in [-0.3, -0.25) is 0 Å². The zero-order chi connectivity index (χ0) is 13.9. The second-order valence-corrected chi connectivity index (χ2v) is 6.66. The molecule has 0 heterocycles. The minimum atomic E-state index is 0.525. The Kier molecular flexibility index (Phi) is 10.8. The first-order chi connectivity index (χ1) is 8.48. The Bertz CT molecular complexity index is 176. The Morgan fingerprint density at radius 1 is 0.889 bits per heavy atom. The Hall–Kier alpha value is -0.0800. The van der Waals surface area contributed by atoms with E-state index in [-0.39, 0.29) is 0 Å². The highest BCUT2D eigenvalue weighted by Gasteiger charge is 2.13. The molecule has 0 fully saturated rings. The Morgan fingerprint density at radius 3 is 1.94 bits per heavy atom. The molecule has 2 heteroatoms. The van der Waals surface area contributed by atoms with Crippen LogP contribution in [0.5, 0.6) is 0 Å². The fraction of sp³-hybridized carbons (Fsp3) is 1.00. The number of rotatable bonds is 12. The highest BCUT2D eigenvalue weighted by atomic mass is 14.9. The minimum Gasteiger partial charge on any atom is -0.315 e. The molecule has 0 bridgehead atoms. The normalized spacial score (nSPS) is 12.3. The summed E-state index contributed by atoms with van der Waals surface area (Å²) in [4.78, 5) is 0. The monoisotopic (exact) mass is 256 g/mol. The van der Waals surface area contributed by atoms with Crippen LogP contribution in [0, 0.1) is 11.3 Å². The van der Waals surface area contributed by atoms with Crippen LogP contribution in [0.1, 0.15) is 66.7 Å². The van der Waals surface area contributed by atoms with Crippen molar-refractivity contribution in [1.82, 2.24) is 10.6 Å². The third-order valence-electron chi connectivity index (χ3n) is 3.78. The quantitative estimate of drug-likeness (QED) is 0.519. The predicted octanol–water partition coefficient (Wildman–Crippen LogP) is 3.82. The maximum Gasteiger partial charge on any atom is 0.00767 e. The number of hydrogen-bond acceptors (Lipinski definition) is 2. The SMILES string of the molecule is CCC(C)(C)CCCNCCNCCCC(C)C. The molecule has 0 aliphatic carbocycles.